The monoisotopic (exact) mass is 452 g/mol. The number of aryl methyl sites for hydroxylation is 1. The summed E-state index contributed by atoms with van der Waals surface area (Å²) in [6.07, 6.45) is -2.30. The highest BCUT2D eigenvalue weighted by molar-refractivity contribution is 9.10. The zero-order chi connectivity index (χ0) is 20.1. The first-order valence-corrected chi connectivity index (χ1v) is 9.52. The zero-order valence-electron chi connectivity index (χ0n) is 14.8. The summed E-state index contributed by atoms with van der Waals surface area (Å²) in [4.78, 5) is 17.1. The molecule has 2 heterocycles. The molecular weight excluding hydrogens is 437 g/mol. The van der Waals surface area contributed by atoms with Crippen LogP contribution in [0.1, 0.15) is 28.9 Å². The molecule has 0 radical (unpaired) electrons. The van der Waals surface area contributed by atoms with Gasteiger partial charge in [0.25, 0.3) is 5.91 Å². The maximum absolute atomic E-state index is 13.3. The zero-order valence-corrected chi connectivity index (χ0v) is 16.4. The number of fused-ring (bicyclic) bond motifs is 1. The number of nitrogens with one attached hydrogen (secondary N) is 1. The van der Waals surface area contributed by atoms with E-state index in [9.17, 15) is 18.0 Å². The number of hydrogen-bond donors (Lipinski definition) is 1. The Morgan fingerprint density at radius 2 is 2.07 bits per heavy atom. The van der Waals surface area contributed by atoms with E-state index >= 15 is 0 Å². The van der Waals surface area contributed by atoms with Crippen LogP contribution in [0.2, 0.25) is 0 Å². The Hall–Kier alpha value is -2.42. The molecule has 28 heavy (non-hydrogen) atoms. The van der Waals surface area contributed by atoms with Crippen LogP contribution in [0.15, 0.2) is 41.0 Å². The minimum atomic E-state index is -4.48. The topological polar surface area (TPSA) is 59.3 Å². The highest BCUT2D eigenvalue weighted by Gasteiger charge is 2.49. The number of benzene rings is 1. The first-order chi connectivity index (χ1) is 13.2. The van der Waals surface area contributed by atoms with Gasteiger partial charge in [-0.05, 0) is 43.9 Å². The van der Waals surface area contributed by atoms with Gasteiger partial charge in [0.05, 0.1) is 11.9 Å². The van der Waals surface area contributed by atoms with E-state index in [-0.39, 0.29) is 11.2 Å². The van der Waals surface area contributed by atoms with Crippen molar-refractivity contribution in [3.05, 3.63) is 52.3 Å². The van der Waals surface area contributed by atoms with E-state index < -0.39 is 24.0 Å². The molecule has 3 aromatic rings. The van der Waals surface area contributed by atoms with Gasteiger partial charge in [0, 0.05) is 15.7 Å². The van der Waals surface area contributed by atoms with Gasteiger partial charge in [-0.25, -0.2) is 9.50 Å². The largest absolute Gasteiger partial charge is 0.408 e. The fourth-order valence-corrected chi connectivity index (χ4v) is 3.58. The van der Waals surface area contributed by atoms with Crippen LogP contribution in [0.3, 0.4) is 0 Å². The van der Waals surface area contributed by atoms with Crippen LogP contribution < -0.4 is 5.32 Å². The molecule has 0 saturated heterocycles. The Labute approximate surface area is 167 Å². The molecule has 0 aliphatic heterocycles. The molecule has 4 rings (SSSR count). The van der Waals surface area contributed by atoms with Crippen LogP contribution in [-0.2, 0) is 0 Å². The maximum atomic E-state index is 13.3. The SMILES string of the molecule is Cc1cc(-c2cccc(Br)c2)nc2c(C(=O)NC(C3CC3)C(F)(F)F)cnn12. The fourth-order valence-electron chi connectivity index (χ4n) is 3.18. The van der Waals surface area contributed by atoms with Gasteiger partial charge < -0.3 is 5.32 Å². The van der Waals surface area contributed by atoms with E-state index in [0.29, 0.717) is 24.2 Å². The summed E-state index contributed by atoms with van der Waals surface area (Å²) in [6, 6.07) is 7.44. The molecule has 5 nitrogen and oxygen atoms in total. The molecule has 1 unspecified atom stereocenters. The number of carbonyl (C=O) groups is 1. The van der Waals surface area contributed by atoms with Gasteiger partial charge in [0.1, 0.15) is 11.6 Å². The maximum Gasteiger partial charge on any atom is 0.408 e. The highest BCUT2D eigenvalue weighted by Crippen LogP contribution is 2.40. The molecule has 1 fully saturated rings. The minimum Gasteiger partial charge on any atom is -0.340 e. The standard InChI is InChI=1S/C19H16BrF3N4O/c1-10-7-15(12-3-2-4-13(20)8-12)25-17-14(9-24-27(10)17)18(28)26-16(11-5-6-11)19(21,22)23/h2-4,7-9,11,16H,5-6H2,1H3,(H,26,28). The Morgan fingerprint density at radius 1 is 1.32 bits per heavy atom. The van der Waals surface area contributed by atoms with Crippen LogP contribution in [0.4, 0.5) is 13.2 Å². The number of carbonyl (C=O) groups excluding carboxylic acids is 1. The van der Waals surface area contributed by atoms with Crippen molar-refractivity contribution >= 4 is 27.5 Å². The predicted molar refractivity (Wildman–Crippen MR) is 101 cm³/mol. The van der Waals surface area contributed by atoms with Gasteiger partial charge in [-0.1, -0.05) is 28.1 Å². The first kappa shape index (κ1) is 18.9. The highest BCUT2D eigenvalue weighted by atomic mass is 79.9. The predicted octanol–water partition coefficient (Wildman–Crippen LogP) is 4.54. The van der Waals surface area contributed by atoms with Crippen molar-refractivity contribution < 1.29 is 18.0 Å². The van der Waals surface area contributed by atoms with E-state index in [1.807, 2.05) is 30.3 Å². The second-order valence-electron chi connectivity index (χ2n) is 6.92. The van der Waals surface area contributed by atoms with Crippen molar-refractivity contribution in [1.82, 2.24) is 19.9 Å². The van der Waals surface area contributed by atoms with Gasteiger partial charge in [-0.15, -0.1) is 0 Å². The Morgan fingerprint density at radius 3 is 2.71 bits per heavy atom. The molecule has 0 spiro atoms. The lowest BCUT2D eigenvalue weighted by atomic mass is 10.1. The van der Waals surface area contributed by atoms with Crippen molar-refractivity contribution in [3.63, 3.8) is 0 Å². The van der Waals surface area contributed by atoms with Gasteiger partial charge >= 0.3 is 6.18 Å². The van der Waals surface area contributed by atoms with E-state index in [4.69, 9.17) is 0 Å². The normalized spacial score (nSPS) is 15.6. The lowest BCUT2D eigenvalue weighted by Gasteiger charge is -2.20. The number of nitrogens with zero attached hydrogens (tertiary/aromatic N) is 3. The van der Waals surface area contributed by atoms with Crippen molar-refractivity contribution in [2.24, 2.45) is 5.92 Å². The molecule has 0 bridgehead atoms. The third kappa shape index (κ3) is 3.63. The quantitative estimate of drug-likeness (QED) is 0.632. The number of rotatable bonds is 4. The fraction of sp³-hybridized carbons (Fsp3) is 0.316. The Kier molecular flexibility index (Phi) is 4.65. The van der Waals surface area contributed by atoms with Crippen molar-refractivity contribution in [2.75, 3.05) is 0 Å². The van der Waals surface area contributed by atoms with Gasteiger partial charge in [-0.2, -0.15) is 18.3 Å². The molecule has 1 amide bonds. The van der Waals surface area contributed by atoms with Crippen LogP contribution in [-0.4, -0.2) is 32.7 Å². The Balaban J connectivity index is 1.72. The lowest BCUT2D eigenvalue weighted by molar-refractivity contribution is -0.158. The second kappa shape index (κ2) is 6.88. The van der Waals surface area contributed by atoms with Gasteiger partial charge in [0.15, 0.2) is 5.65 Å². The van der Waals surface area contributed by atoms with Gasteiger partial charge in [0.2, 0.25) is 0 Å². The smallest absolute Gasteiger partial charge is 0.340 e. The molecule has 146 valence electrons. The molecule has 1 saturated carbocycles. The number of aromatic nitrogens is 3. The third-order valence-electron chi connectivity index (χ3n) is 4.75. The van der Waals surface area contributed by atoms with E-state index in [2.05, 4.69) is 31.3 Å². The summed E-state index contributed by atoms with van der Waals surface area (Å²) in [6.45, 7) is 1.80. The Bertz CT molecular complexity index is 1060. The molecule has 1 N–H and O–H groups in total. The molecule has 1 aliphatic carbocycles. The summed E-state index contributed by atoms with van der Waals surface area (Å²) in [5.74, 6) is -1.37. The van der Waals surface area contributed by atoms with Crippen LogP contribution in [0.5, 0.6) is 0 Å². The second-order valence-corrected chi connectivity index (χ2v) is 7.83. The van der Waals surface area contributed by atoms with Crippen LogP contribution in [0.25, 0.3) is 16.9 Å². The number of halogens is 4. The van der Waals surface area contributed by atoms with Gasteiger partial charge in [-0.3, -0.25) is 4.79 Å². The van der Waals surface area contributed by atoms with E-state index in [0.717, 1.165) is 10.0 Å². The summed E-state index contributed by atoms with van der Waals surface area (Å²) < 4.78 is 42.1. The summed E-state index contributed by atoms with van der Waals surface area (Å²) in [5, 5.41) is 6.26. The van der Waals surface area contributed by atoms with Crippen LogP contribution in [0, 0.1) is 12.8 Å². The van der Waals surface area contributed by atoms with E-state index in [1.165, 1.54) is 10.7 Å². The molecular formula is C19H16BrF3N4O. The molecule has 2 aromatic heterocycles. The molecule has 9 heteroatoms. The van der Waals surface area contributed by atoms with E-state index in [1.54, 1.807) is 6.92 Å². The summed E-state index contributed by atoms with van der Waals surface area (Å²) in [5.41, 5.74) is 2.39. The van der Waals surface area contributed by atoms with Crippen molar-refractivity contribution in [1.29, 1.82) is 0 Å². The lowest BCUT2D eigenvalue weighted by Crippen LogP contribution is -2.46. The molecule has 1 aromatic carbocycles. The van der Waals surface area contributed by atoms with Crippen molar-refractivity contribution in [2.45, 2.75) is 32.0 Å². The summed E-state index contributed by atoms with van der Waals surface area (Å²) >= 11 is 3.41. The average Bonchev–Trinajstić information content (AvgIpc) is 3.36. The molecule has 1 aliphatic rings. The number of hydrogen-bond acceptors (Lipinski definition) is 3. The van der Waals surface area contributed by atoms with Crippen molar-refractivity contribution in [3.8, 4) is 11.3 Å². The minimum absolute atomic E-state index is 0.0230. The number of alkyl halides is 3. The number of amides is 1. The third-order valence-corrected chi connectivity index (χ3v) is 5.24. The first-order valence-electron chi connectivity index (χ1n) is 8.73. The molecule has 1 atom stereocenters. The average molecular weight is 453 g/mol. The van der Waals surface area contributed by atoms with Crippen LogP contribution >= 0.6 is 15.9 Å². The summed E-state index contributed by atoms with van der Waals surface area (Å²) in [7, 11) is 0.